The van der Waals surface area contributed by atoms with Crippen LogP contribution in [-0.4, -0.2) is 36.5 Å². The second kappa shape index (κ2) is 8.64. The lowest BCUT2D eigenvalue weighted by Crippen LogP contribution is -2.40. The summed E-state index contributed by atoms with van der Waals surface area (Å²) in [6, 6.07) is 6.93. The van der Waals surface area contributed by atoms with Crippen LogP contribution in [0.2, 0.25) is 0 Å². The molecule has 2 fully saturated rings. The fraction of sp³-hybridized carbons (Fsp3) is 0.696. The summed E-state index contributed by atoms with van der Waals surface area (Å²) in [5.41, 5.74) is 2.56. The molecule has 2 aliphatic heterocycles. The predicted molar refractivity (Wildman–Crippen MR) is 108 cm³/mol. The molecular weight excluding hydrogens is 336 g/mol. The molecule has 1 aromatic carbocycles. The first-order valence-corrected chi connectivity index (χ1v) is 11.0. The number of carbonyl (C=O) groups is 1. The third-order valence-corrected chi connectivity index (χ3v) is 6.88. The summed E-state index contributed by atoms with van der Waals surface area (Å²) in [5, 5.41) is 3.44. The van der Waals surface area contributed by atoms with Crippen LogP contribution in [-0.2, 0) is 17.8 Å². The van der Waals surface area contributed by atoms with E-state index in [1.54, 1.807) is 0 Å². The quantitative estimate of drug-likeness (QED) is 0.825. The van der Waals surface area contributed by atoms with Gasteiger partial charge in [0.15, 0.2) is 0 Å². The molecule has 0 spiro atoms. The van der Waals surface area contributed by atoms with Crippen LogP contribution < -0.4 is 10.1 Å². The van der Waals surface area contributed by atoms with Crippen molar-refractivity contribution in [1.29, 1.82) is 0 Å². The highest BCUT2D eigenvalue weighted by atomic mass is 16.5. The molecule has 0 bridgehead atoms. The highest BCUT2D eigenvalue weighted by molar-refractivity contribution is 5.77. The normalized spacial score (nSPS) is 21.7. The minimum Gasteiger partial charge on any atom is -0.493 e. The van der Waals surface area contributed by atoms with E-state index in [0.29, 0.717) is 30.2 Å². The molecule has 148 valence electrons. The van der Waals surface area contributed by atoms with Gasteiger partial charge in [-0.25, -0.2) is 0 Å². The van der Waals surface area contributed by atoms with Gasteiger partial charge in [0.25, 0.3) is 0 Å². The summed E-state index contributed by atoms with van der Waals surface area (Å²) in [5.74, 6) is 2.57. The Balaban J connectivity index is 1.44. The molecule has 4 nitrogen and oxygen atoms in total. The number of nitrogens with one attached hydrogen (secondary N) is 1. The first-order valence-electron chi connectivity index (χ1n) is 11.0. The first kappa shape index (κ1) is 18.8. The topological polar surface area (TPSA) is 41.6 Å². The Labute approximate surface area is 163 Å². The number of nitrogens with zero attached hydrogens (tertiary/aromatic N) is 1. The largest absolute Gasteiger partial charge is 0.493 e. The molecule has 1 N–H and O–H groups in total. The molecular formula is C23H34N2O2. The van der Waals surface area contributed by atoms with E-state index in [1.807, 2.05) is 0 Å². The van der Waals surface area contributed by atoms with Gasteiger partial charge >= 0.3 is 0 Å². The Morgan fingerprint density at radius 2 is 2.00 bits per heavy atom. The molecule has 4 rings (SSSR count). The Kier molecular flexibility index (Phi) is 6.01. The maximum Gasteiger partial charge on any atom is 0.223 e. The van der Waals surface area contributed by atoms with Crippen molar-refractivity contribution < 1.29 is 9.53 Å². The van der Waals surface area contributed by atoms with Gasteiger partial charge in [0.05, 0.1) is 6.61 Å². The van der Waals surface area contributed by atoms with Crippen LogP contribution >= 0.6 is 0 Å². The van der Waals surface area contributed by atoms with Crippen molar-refractivity contribution in [2.75, 3.05) is 19.7 Å². The fourth-order valence-corrected chi connectivity index (χ4v) is 5.14. The Hall–Kier alpha value is -1.55. The Morgan fingerprint density at radius 1 is 1.22 bits per heavy atom. The molecule has 1 unspecified atom stereocenters. The Morgan fingerprint density at radius 3 is 2.78 bits per heavy atom. The molecule has 27 heavy (non-hydrogen) atoms. The zero-order chi connectivity index (χ0) is 18.6. The predicted octanol–water partition coefficient (Wildman–Crippen LogP) is 3.92. The van der Waals surface area contributed by atoms with Crippen LogP contribution in [0.4, 0.5) is 0 Å². The van der Waals surface area contributed by atoms with E-state index in [1.165, 1.54) is 49.7 Å². The van der Waals surface area contributed by atoms with E-state index >= 15 is 0 Å². The summed E-state index contributed by atoms with van der Waals surface area (Å²) >= 11 is 0. The van der Waals surface area contributed by atoms with Gasteiger partial charge in [-0.15, -0.1) is 0 Å². The van der Waals surface area contributed by atoms with E-state index in [9.17, 15) is 4.79 Å². The molecule has 2 heterocycles. The fourth-order valence-electron chi connectivity index (χ4n) is 5.14. The lowest BCUT2D eigenvalue weighted by Gasteiger charge is -2.33. The second-order valence-electron chi connectivity index (χ2n) is 8.77. The van der Waals surface area contributed by atoms with Gasteiger partial charge in [-0.3, -0.25) is 4.79 Å². The summed E-state index contributed by atoms with van der Waals surface area (Å²) in [6.45, 7) is 6.04. The monoisotopic (exact) mass is 370 g/mol. The number of amides is 1. The molecule has 4 heteroatoms. The third-order valence-electron chi connectivity index (χ3n) is 6.88. The molecule has 1 amide bonds. The summed E-state index contributed by atoms with van der Waals surface area (Å²) in [6.07, 6.45) is 8.98. The second-order valence-corrected chi connectivity index (χ2v) is 8.77. The highest BCUT2D eigenvalue weighted by Gasteiger charge is 2.30. The number of hydrogen-bond donors (Lipinski definition) is 1. The van der Waals surface area contributed by atoms with Crippen molar-refractivity contribution in [1.82, 2.24) is 10.2 Å². The van der Waals surface area contributed by atoms with Crippen LogP contribution in [0.3, 0.4) is 0 Å². The van der Waals surface area contributed by atoms with Crippen molar-refractivity contribution in [3.05, 3.63) is 29.3 Å². The van der Waals surface area contributed by atoms with E-state index in [4.69, 9.17) is 4.74 Å². The third kappa shape index (κ3) is 4.48. The summed E-state index contributed by atoms with van der Waals surface area (Å²) < 4.78 is 5.64. The lowest BCUT2D eigenvalue weighted by atomic mass is 9.84. The van der Waals surface area contributed by atoms with Crippen LogP contribution in [0.1, 0.15) is 63.0 Å². The molecule has 0 aromatic heterocycles. The maximum absolute atomic E-state index is 13.3. The van der Waals surface area contributed by atoms with Gasteiger partial charge < -0.3 is 15.0 Å². The van der Waals surface area contributed by atoms with Gasteiger partial charge in [0.1, 0.15) is 5.75 Å². The molecule has 1 aliphatic carbocycles. The zero-order valence-corrected chi connectivity index (χ0v) is 16.7. The average molecular weight is 371 g/mol. The molecule has 3 aliphatic rings. The number of ether oxygens (including phenoxy) is 1. The smallest absolute Gasteiger partial charge is 0.223 e. The Bertz CT molecular complexity index is 648. The lowest BCUT2D eigenvalue weighted by molar-refractivity contribution is -0.135. The SMILES string of the molecule is CC(CC(=O)N(Cc1ccc2c(c1)CCO2)C1CCCC1)C1CCNCC1. The summed E-state index contributed by atoms with van der Waals surface area (Å²) in [7, 11) is 0. The van der Waals surface area contributed by atoms with Crippen molar-refractivity contribution >= 4 is 5.91 Å². The van der Waals surface area contributed by atoms with E-state index in [0.717, 1.165) is 38.4 Å². The average Bonchev–Trinajstić information content (AvgIpc) is 3.38. The van der Waals surface area contributed by atoms with Gasteiger partial charge in [0, 0.05) is 25.4 Å². The van der Waals surface area contributed by atoms with Crippen molar-refractivity contribution in [3.8, 4) is 5.75 Å². The molecule has 1 saturated carbocycles. The first-order chi connectivity index (χ1) is 13.2. The van der Waals surface area contributed by atoms with Gasteiger partial charge in [-0.05, 0) is 67.8 Å². The van der Waals surface area contributed by atoms with Crippen LogP contribution in [0.15, 0.2) is 18.2 Å². The van der Waals surface area contributed by atoms with E-state index < -0.39 is 0 Å². The van der Waals surface area contributed by atoms with Crippen LogP contribution in [0, 0.1) is 11.8 Å². The number of carbonyl (C=O) groups excluding carboxylic acids is 1. The number of fused-ring (bicyclic) bond motifs is 1. The van der Waals surface area contributed by atoms with E-state index in [2.05, 4.69) is 35.3 Å². The van der Waals surface area contributed by atoms with Gasteiger partial charge in [-0.2, -0.15) is 0 Å². The standard InChI is InChI=1S/C23H34N2O2/c1-17(19-8-11-24-12-9-19)14-23(26)25(21-4-2-3-5-21)16-18-6-7-22-20(15-18)10-13-27-22/h6-7,15,17,19,21,24H,2-5,8-14,16H2,1H3. The van der Waals surface area contributed by atoms with Crippen molar-refractivity contribution in [2.24, 2.45) is 11.8 Å². The van der Waals surface area contributed by atoms with Crippen LogP contribution in [0.25, 0.3) is 0 Å². The van der Waals surface area contributed by atoms with E-state index in [-0.39, 0.29) is 0 Å². The number of benzene rings is 1. The van der Waals surface area contributed by atoms with Crippen LogP contribution in [0.5, 0.6) is 5.75 Å². The highest BCUT2D eigenvalue weighted by Crippen LogP contribution is 2.31. The molecule has 1 saturated heterocycles. The minimum absolute atomic E-state index is 0.365. The molecule has 1 atom stereocenters. The van der Waals surface area contributed by atoms with Gasteiger partial charge in [0.2, 0.25) is 5.91 Å². The van der Waals surface area contributed by atoms with Gasteiger partial charge in [-0.1, -0.05) is 31.9 Å². The number of hydrogen-bond acceptors (Lipinski definition) is 3. The van der Waals surface area contributed by atoms with Crippen molar-refractivity contribution in [3.63, 3.8) is 0 Å². The maximum atomic E-state index is 13.3. The van der Waals surface area contributed by atoms with Crippen molar-refractivity contribution in [2.45, 2.75) is 70.9 Å². The number of rotatable bonds is 6. The zero-order valence-electron chi connectivity index (χ0n) is 16.7. The summed E-state index contributed by atoms with van der Waals surface area (Å²) in [4.78, 5) is 15.5. The molecule has 1 aromatic rings. The number of piperidine rings is 1. The minimum atomic E-state index is 0.365. The molecule has 0 radical (unpaired) electrons.